The van der Waals surface area contributed by atoms with Crippen molar-refractivity contribution in [3.8, 4) is 0 Å². The first-order valence-electron chi connectivity index (χ1n) is 6.05. The van der Waals surface area contributed by atoms with Gasteiger partial charge >= 0.3 is 0 Å². The minimum absolute atomic E-state index is 0.157. The number of para-hydroxylation sites is 1. The third-order valence-corrected chi connectivity index (χ3v) is 3.58. The highest BCUT2D eigenvalue weighted by molar-refractivity contribution is 5.81. The zero-order valence-electron chi connectivity index (χ0n) is 11.3. The van der Waals surface area contributed by atoms with E-state index < -0.39 is 0 Å². The van der Waals surface area contributed by atoms with Gasteiger partial charge in [0.15, 0.2) is 0 Å². The molecule has 0 amide bonds. The van der Waals surface area contributed by atoms with Crippen LogP contribution in [0.1, 0.15) is 39.3 Å². The third-order valence-electron chi connectivity index (χ3n) is 3.58. The van der Waals surface area contributed by atoms with E-state index in [2.05, 4.69) is 50.2 Å². The summed E-state index contributed by atoms with van der Waals surface area (Å²) in [5, 5.41) is 0. The van der Waals surface area contributed by atoms with E-state index in [0.717, 1.165) is 11.0 Å². The monoisotopic (exact) mass is 231 g/mol. The van der Waals surface area contributed by atoms with Crippen molar-refractivity contribution in [2.75, 3.05) is 5.73 Å². The van der Waals surface area contributed by atoms with Crippen LogP contribution in [-0.2, 0) is 0 Å². The number of nitrogen functional groups attached to an aromatic ring is 1. The van der Waals surface area contributed by atoms with Gasteiger partial charge in [0.05, 0.1) is 11.0 Å². The Morgan fingerprint density at radius 2 is 1.94 bits per heavy atom. The number of aromatic nitrogens is 2. The van der Waals surface area contributed by atoms with E-state index in [1.165, 1.54) is 5.56 Å². The number of fused-ring (bicyclic) bond motifs is 1. The summed E-state index contributed by atoms with van der Waals surface area (Å²) in [4.78, 5) is 4.45. The lowest BCUT2D eigenvalue weighted by atomic mass is 9.87. The molecule has 0 aliphatic carbocycles. The van der Waals surface area contributed by atoms with Crippen molar-refractivity contribution in [3.63, 3.8) is 0 Å². The number of hydrogen-bond donors (Lipinski definition) is 1. The zero-order chi connectivity index (χ0) is 12.8. The minimum Gasteiger partial charge on any atom is -0.369 e. The second-order valence-electron chi connectivity index (χ2n) is 5.82. The Bertz CT molecular complexity index is 546. The first-order valence-corrected chi connectivity index (χ1v) is 6.05. The van der Waals surface area contributed by atoms with Crippen molar-refractivity contribution in [1.82, 2.24) is 9.55 Å². The molecule has 0 saturated carbocycles. The molecule has 0 radical (unpaired) electrons. The lowest BCUT2D eigenvalue weighted by Crippen LogP contribution is -2.23. The topological polar surface area (TPSA) is 43.8 Å². The highest BCUT2D eigenvalue weighted by Gasteiger charge is 2.25. The highest BCUT2D eigenvalue weighted by Crippen LogP contribution is 2.35. The third kappa shape index (κ3) is 1.90. The Labute approximate surface area is 103 Å². The molecule has 3 heteroatoms. The molecule has 1 aromatic carbocycles. The van der Waals surface area contributed by atoms with Crippen LogP contribution in [0, 0.1) is 12.3 Å². The summed E-state index contributed by atoms with van der Waals surface area (Å²) in [6, 6.07) is 6.46. The summed E-state index contributed by atoms with van der Waals surface area (Å²) in [6.45, 7) is 11.0. The van der Waals surface area contributed by atoms with E-state index in [-0.39, 0.29) is 5.41 Å². The van der Waals surface area contributed by atoms with Gasteiger partial charge in [0.25, 0.3) is 0 Å². The molecule has 2 rings (SSSR count). The van der Waals surface area contributed by atoms with Gasteiger partial charge < -0.3 is 10.3 Å². The van der Waals surface area contributed by atoms with Crippen LogP contribution < -0.4 is 5.73 Å². The molecule has 1 atom stereocenters. The molecular formula is C14H21N3. The fraction of sp³-hybridized carbons (Fsp3) is 0.500. The molecule has 0 aliphatic rings. The van der Waals surface area contributed by atoms with Gasteiger partial charge in [0.2, 0.25) is 5.95 Å². The van der Waals surface area contributed by atoms with Gasteiger partial charge in [-0.3, -0.25) is 0 Å². The summed E-state index contributed by atoms with van der Waals surface area (Å²) in [5.41, 5.74) is 9.60. The number of rotatable bonds is 1. The highest BCUT2D eigenvalue weighted by atomic mass is 15.2. The molecule has 0 saturated heterocycles. The van der Waals surface area contributed by atoms with Crippen LogP contribution >= 0.6 is 0 Å². The van der Waals surface area contributed by atoms with Crippen molar-refractivity contribution in [2.24, 2.45) is 5.41 Å². The molecule has 2 N–H and O–H groups in total. The van der Waals surface area contributed by atoms with E-state index in [9.17, 15) is 0 Å². The van der Waals surface area contributed by atoms with Crippen molar-refractivity contribution in [1.29, 1.82) is 0 Å². The molecule has 0 bridgehead atoms. The van der Waals surface area contributed by atoms with Crippen molar-refractivity contribution < 1.29 is 0 Å². The Morgan fingerprint density at radius 3 is 2.53 bits per heavy atom. The second kappa shape index (κ2) is 3.76. The molecule has 0 fully saturated rings. The number of anilines is 1. The van der Waals surface area contributed by atoms with Gasteiger partial charge in [-0.15, -0.1) is 0 Å². The largest absolute Gasteiger partial charge is 0.369 e. The molecule has 17 heavy (non-hydrogen) atoms. The van der Waals surface area contributed by atoms with Gasteiger partial charge in [-0.1, -0.05) is 32.9 Å². The first kappa shape index (κ1) is 12.0. The molecule has 1 heterocycles. The average Bonchev–Trinajstić information content (AvgIpc) is 2.53. The Balaban J connectivity index is 2.73. The fourth-order valence-corrected chi connectivity index (χ4v) is 2.12. The van der Waals surface area contributed by atoms with Gasteiger partial charge in [0, 0.05) is 6.04 Å². The quantitative estimate of drug-likeness (QED) is 0.816. The maximum absolute atomic E-state index is 6.07. The molecule has 92 valence electrons. The first-order chi connectivity index (χ1) is 7.82. The summed E-state index contributed by atoms with van der Waals surface area (Å²) in [7, 11) is 0. The van der Waals surface area contributed by atoms with Crippen LogP contribution in [0.5, 0.6) is 0 Å². The van der Waals surface area contributed by atoms with Crippen molar-refractivity contribution in [3.05, 3.63) is 23.8 Å². The summed E-state index contributed by atoms with van der Waals surface area (Å²) in [6.07, 6.45) is 0. The smallest absolute Gasteiger partial charge is 0.201 e. The number of benzene rings is 1. The predicted molar refractivity (Wildman–Crippen MR) is 73.0 cm³/mol. The molecule has 1 aromatic heterocycles. The van der Waals surface area contributed by atoms with Gasteiger partial charge in [-0.2, -0.15) is 0 Å². The lowest BCUT2D eigenvalue weighted by Gasteiger charge is -2.30. The van der Waals surface area contributed by atoms with E-state index in [1.807, 2.05) is 12.1 Å². The van der Waals surface area contributed by atoms with Crippen molar-refractivity contribution in [2.45, 2.75) is 40.7 Å². The predicted octanol–water partition coefficient (Wildman–Crippen LogP) is 3.53. The molecule has 0 aliphatic heterocycles. The number of imidazole rings is 1. The van der Waals surface area contributed by atoms with Crippen LogP contribution in [0.15, 0.2) is 18.2 Å². The van der Waals surface area contributed by atoms with Crippen LogP contribution in [-0.4, -0.2) is 9.55 Å². The standard InChI is InChI=1S/C14H21N3/c1-9-7-6-8-11-12(9)17(13(15)16-11)10(2)14(3,4)5/h6-8,10H,1-5H3,(H2,15,16). The number of nitrogens with zero attached hydrogens (tertiary/aromatic N) is 2. The number of nitrogens with two attached hydrogens (primary N) is 1. The van der Waals surface area contributed by atoms with E-state index in [4.69, 9.17) is 5.73 Å². The Hall–Kier alpha value is -1.51. The number of hydrogen-bond acceptors (Lipinski definition) is 2. The van der Waals surface area contributed by atoms with Gasteiger partial charge in [0.1, 0.15) is 0 Å². The zero-order valence-corrected chi connectivity index (χ0v) is 11.3. The number of aryl methyl sites for hydroxylation is 1. The molecule has 3 nitrogen and oxygen atoms in total. The molecule has 1 unspecified atom stereocenters. The van der Waals surface area contributed by atoms with Gasteiger partial charge in [-0.05, 0) is 30.9 Å². The summed E-state index contributed by atoms with van der Waals surface area (Å²) < 4.78 is 2.16. The molecular weight excluding hydrogens is 210 g/mol. The van der Waals surface area contributed by atoms with Crippen LogP contribution in [0.25, 0.3) is 11.0 Å². The van der Waals surface area contributed by atoms with E-state index in [0.29, 0.717) is 12.0 Å². The Kier molecular flexibility index (Phi) is 2.64. The van der Waals surface area contributed by atoms with Crippen LogP contribution in [0.2, 0.25) is 0 Å². The van der Waals surface area contributed by atoms with Crippen LogP contribution in [0.3, 0.4) is 0 Å². The lowest BCUT2D eigenvalue weighted by molar-refractivity contribution is 0.270. The summed E-state index contributed by atoms with van der Waals surface area (Å²) >= 11 is 0. The molecule has 0 spiro atoms. The minimum atomic E-state index is 0.157. The maximum atomic E-state index is 6.07. The van der Waals surface area contributed by atoms with E-state index >= 15 is 0 Å². The average molecular weight is 231 g/mol. The Morgan fingerprint density at radius 1 is 1.29 bits per heavy atom. The van der Waals surface area contributed by atoms with Crippen molar-refractivity contribution >= 4 is 17.0 Å². The normalized spacial score (nSPS) is 14.2. The SMILES string of the molecule is Cc1cccc2nc(N)n(C(C)C(C)(C)C)c12. The van der Waals surface area contributed by atoms with Crippen LogP contribution in [0.4, 0.5) is 5.95 Å². The summed E-state index contributed by atoms with van der Waals surface area (Å²) in [5.74, 6) is 0.608. The van der Waals surface area contributed by atoms with Gasteiger partial charge in [-0.25, -0.2) is 4.98 Å². The molecule has 2 aromatic rings. The maximum Gasteiger partial charge on any atom is 0.201 e. The van der Waals surface area contributed by atoms with E-state index in [1.54, 1.807) is 0 Å². The fourth-order valence-electron chi connectivity index (χ4n) is 2.12. The second-order valence-corrected chi connectivity index (χ2v) is 5.82.